The highest BCUT2D eigenvalue weighted by Gasteiger charge is 2.09. The van der Waals surface area contributed by atoms with Crippen LogP contribution in [0.3, 0.4) is 0 Å². The molecule has 0 aromatic rings. The summed E-state index contributed by atoms with van der Waals surface area (Å²) >= 11 is 0. The van der Waals surface area contributed by atoms with E-state index in [0.29, 0.717) is 13.2 Å². The van der Waals surface area contributed by atoms with Gasteiger partial charge in [0.05, 0.1) is 26.1 Å². The molecule has 0 fully saturated rings. The number of carbonyl (C=O) groups excluding carboxylic acids is 2. The maximum absolute atomic E-state index is 11.9. The van der Waals surface area contributed by atoms with Crippen LogP contribution in [0.2, 0.25) is 0 Å². The minimum Gasteiger partial charge on any atom is -0.466 e. The molecule has 0 aliphatic heterocycles. The smallest absolute Gasteiger partial charge is 0.306 e. The molecule has 0 heterocycles. The molecule has 0 atom stereocenters. The highest BCUT2D eigenvalue weighted by atomic mass is 16.5. The van der Waals surface area contributed by atoms with Crippen molar-refractivity contribution in [1.82, 2.24) is 0 Å². The minimum atomic E-state index is -0.277. The van der Waals surface area contributed by atoms with Crippen LogP contribution in [-0.2, 0) is 19.1 Å². The molecule has 0 N–H and O–H groups in total. The Morgan fingerprint density at radius 1 is 0.317 bits per heavy atom. The van der Waals surface area contributed by atoms with Crippen molar-refractivity contribution in [2.75, 3.05) is 13.2 Å². The lowest BCUT2D eigenvalue weighted by atomic mass is 10.0. The number of hydrogen-bond acceptors (Lipinski definition) is 4. The fourth-order valence-electron chi connectivity index (χ4n) is 5.49. The van der Waals surface area contributed by atoms with Gasteiger partial charge < -0.3 is 9.47 Å². The Morgan fingerprint density at radius 2 is 0.512 bits per heavy atom. The third-order valence-corrected chi connectivity index (χ3v) is 8.31. The highest BCUT2D eigenvalue weighted by Crippen LogP contribution is 2.15. The molecule has 0 rings (SSSR count). The van der Waals surface area contributed by atoms with E-state index in [0.717, 1.165) is 25.7 Å². The Balaban J connectivity index is 3.24. The normalized spacial score (nSPS) is 11.2. The maximum atomic E-state index is 11.9. The lowest BCUT2D eigenvalue weighted by Gasteiger charge is -2.06. The zero-order valence-corrected chi connectivity index (χ0v) is 28.0. The van der Waals surface area contributed by atoms with Gasteiger partial charge in [-0.05, 0) is 12.8 Å². The summed E-state index contributed by atoms with van der Waals surface area (Å²) in [5.41, 5.74) is 0. The summed E-state index contributed by atoms with van der Waals surface area (Å²) in [6.07, 6.45) is 38.7. The topological polar surface area (TPSA) is 52.6 Å². The fraction of sp³-hybridized carbons (Fsp3) is 0.946. The standard InChI is InChI=1S/C37H72O4/c1-3-5-7-9-11-13-14-15-16-17-18-19-20-21-22-23-25-27-29-31-35-41-37(39)33-32-36(38)40-34-30-28-26-24-12-10-8-6-4-2/h3-35H2,1-2H3. The lowest BCUT2D eigenvalue weighted by Crippen LogP contribution is -2.11. The van der Waals surface area contributed by atoms with E-state index >= 15 is 0 Å². The number of ether oxygens (including phenoxy) is 2. The van der Waals surface area contributed by atoms with E-state index in [1.807, 2.05) is 0 Å². The molecule has 0 aromatic carbocycles. The van der Waals surface area contributed by atoms with Crippen LogP contribution >= 0.6 is 0 Å². The van der Waals surface area contributed by atoms with Gasteiger partial charge in [0.1, 0.15) is 0 Å². The lowest BCUT2D eigenvalue weighted by molar-refractivity contribution is -0.150. The fourth-order valence-corrected chi connectivity index (χ4v) is 5.49. The van der Waals surface area contributed by atoms with Crippen molar-refractivity contribution >= 4 is 11.9 Å². The van der Waals surface area contributed by atoms with Gasteiger partial charge in [-0.1, -0.05) is 187 Å². The quantitative estimate of drug-likeness (QED) is 0.0561. The molecule has 0 saturated carbocycles. The van der Waals surface area contributed by atoms with Gasteiger partial charge in [-0.3, -0.25) is 9.59 Å². The summed E-state index contributed by atoms with van der Waals surface area (Å²) in [4.78, 5) is 23.7. The molecule has 0 bridgehead atoms. The third kappa shape index (κ3) is 35.0. The molecule has 244 valence electrons. The van der Waals surface area contributed by atoms with E-state index in [1.165, 1.54) is 161 Å². The van der Waals surface area contributed by atoms with Gasteiger partial charge in [-0.15, -0.1) is 0 Å². The van der Waals surface area contributed by atoms with Gasteiger partial charge >= 0.3 is 11.9 Å². The average molecular weight is 581 g/mol. The number of rotatable bonds is 34. The Bertz CT molecular complexity index is 533. The van der Waals surface area contributed by atoms with Crippen molar-refractivity contribution in [2.45, 2.75) is 213 Å². The molecule has 0 spiro atoms. The summed E-state index contributed by atoms with van der Waals surface area (Å²) in [5, 5.41) is 0. The van der Waals surface area contributed by atoms with E-state index in [9.17, 15) is 9.59 Å². The van der Waals surface area contributed by atoms with E-state index in [1.54, 1.807) is 0 Å². The molecule has 0 radical (unpaired) electrons. The van der Waals surface area contributed by atoms with Crippen LogP contribution in [0, 0.1) is 0 Å². The number of hydrogen-bond donors (Lipinski definition) is 0. The molecule has 0 unspecified atom stereocenters. The van der Waals surface area contributed by atoms with Crippen LogP contribution in [0.15, 0.2) is 0 Å². The average Bonchev–Trinajstić information content (AvgIpc) is 2.97. The van der Waals surface area contributed by atoms with Crippen molar-refractivity contribution < 1.29 is 19.1 Å². The van der Waals surface area contributed by atoms with Crippen molar-refractivity contribution in [3.63, 3.8) is 0 Å². The predicted octanol–water partition coefficient (Wildman–Crippen LogP) is 12.2. The zero-order chi connectivity index (χ0) is 29.9. The SMILES string of the molecule is CCCCCCCCCCCCCCCCCCCCCCOC(=O)CCC(=O)OCCCCCCCCCCC. The molecule has 0 aromatic heterocycles. The van der Waals surface area contributed by atoms with Gasteiger partial charge in [0.15, 0.2) is 0 Å². The highest BCUT2D eigenvalue weighted by molar-refractivity contribution is 5.77. The van der Waals surface area contributed by atoms with Crippen LogP contribution in [0.4, 0.5) is 0 Å². The van der Waals surface area contributed by atoms with Gasteiger partial charge in [0.25, 0.3) is 0 Å². The second-order valence-electron chi connectivity index (χ2n) is 12.5. The number of unbranched alkanes of at least 4 members (excludes halogenated alkanes) is 27. The second-order valence-corrected chi connectivity index (χ2v) is 12.5. The Morgan fingerprint density at radius 3 is 0.732 bits per heavy atom. The van der Waals surface area contributed by atoms with E-state index in [4.69, 9.17) is 9.47 Å². The number of esters is 2. The van der Waals surface area contributed by atoms with Gasteiger partial charge in [0, 0.05) is 0 Å². The van der Waals surface area contributed by atoms with Crippen molar-refractivity contribution in [3.05, 3.63) is 0 Å². The first kappa shape index (κ1) is 39.9. The van der Waals surface area contributed by atoms with Gasteiger partial charge in [-0.25, -0.2) is 0 Å². The van der Waals surface area contributed by atoms with Crippen LogP contribution in [-0.4, -0.2) is 25.2 Å². The molecule has 0 aliphatic rings. The first-order valence-electron chi connectivity index (χ1n) is 18.5. The largest absolute Gasteiger partial charge is 0.466 e. The summed E-state index contributed by atoms with van der Waals surface area (Å²) < 4.78 is 10.5. The van der Waals surface area contributed by atoms with Crippen molar-refractivity contribution in [1.29, 1.82) is 0 Å². The molecule has 0 saturated heterocycles. The first-order chi connectivity index (χ1) is 20.2. The van der Waals surface area contributed by atoms with Gasteiger partial charge in [0.2, 0.25) is 0 Å². The Kier molecular flexibility index (Phi) is 34.2. The van der Waals surface area contributed by atoms with Crippen LogP contribution < -0.4 is 0 Å². The van der Waals surface area contributed by atoms with Crippen LogP contribution in [0.25, 0.3) is 0 Å². The van der Waals surface area contributed by atoms with E-state index < -0.39 is 0 Å². The van der Waals surface area contributed by atoms with Crippen molar-refractivity contribution in [3.8, 4) is 0 Å². The Labute approximate surface area is 256 Å². The summed E-state index contributed by atoms with van der Waals surface area (Å²) in [6, 6.07) is 0. The zero-order valence-electron chi connectivity index (χ0n) is 28.0. The second kappa shape index (κ2) is 35.1. The first-order valence-corrected chi connectivity index (χ1v) is 18.5. The molecular weight excluding hydrogens is 508 g/mol. The summed E-state index contributed by atoms with van der Waals surface area (Å²) in [5.74, 6) is -0.553. The molecule has 0 aliphatic carbocycles. The molecule has 4 nitrogen and oxygen atoms in total. The monoisotopic (exact) mass is 581 g/mol. The minimum absolute atomic E-state index is 0.134. The van der Waals surface area contributed by atoms with Crippen LogP contribution in [0.5, 0.6) is 0 Å². The third-order valence-electron chi connectivity index (χ3n) is 8.31. The molecule has 41 heavy (non-hydrogen) atoms. The summed E-state index contributed by atoms with van der Waals surface area (Å²) in [7, 11) is 0. The predicted molar refractivity (Wildman–Crippen MR) is 176 cm³/mol. The molecule has 4 heteroatoms. The summed E-state index contributed by atoms with van der Waals surface area (Å²) in [6.45, 7) is 5.49. The van der Waals surface area contributed by atoms with E-state index in [-0.39, 0.29) is 24.8 Å². The number of carbonyl (C=O) groups is 2. The van der Waals surface area contributed by atoms with Gasteiger partial charge in [-0.2, -0.15) is 0 Å². The molecule has 0 amide bonds. The van der Waals surface area contributed by atoms with E-state index in [2.05, 4.69) is 13.8 Å². The molecular formula is C37H72O4. The van der Waals surface area contributed by atoms with Crippen LogP contribution in [0.1, 0.15) is 213 Å². The Hall–Kier alpha value is -1.06. The maximum Gasteiger partial charge on any atom is 0.306 e. The van der Waals surface area contributed by atoms with Crippen molar-refractivity contribution in [2.24, 2.45) is 0 Å².